The summed E-state index contributed by atoms with van der Waals surface area (Å²) in [4.78, 5) is 11.0. The molecule has 0 spiro atoms. The SMILES string of the molecule is CCC(Oc1cc(Cl)ccc1C)C(N)=O. The fourth-order valence-electron chi connectivity index (χ4n) is 1.20. The first-order chi connectivity index (χ1) is 7.04. The van der Waals surface area contributed by atoms with Gasteiger partial charge >= 0.3 is 0 Å². The number of primary amides is 1. The van der Waals surface area contributed by atoms with Gasteiger partial charge in [-0.1, -0.05) is 24.6 Å². The number of carbonyl (C=O) groups is 1. The Bertz CT molecular complexity index is 366. The molecule has 0 aromatic heterocycles. The van der Waals surface area contributed by atoms with Crippen LogP contribution in [0.3, 0.4) is 0 Å². The molecule has 0 saturated carbocycles. The average Bonchev–Trinajstić information content (AvgIpc) is 2.18. The van der Waals surface area contributed by atoms with E-state index in [1.165, 1.54) is 0 Å². The van der Waals surface area contributed by atoms with Gasteiger partial charge in [0.25, 0.3) is 5.91 Å². The molecule has 0 aliphatic carbocycles. The van der Waals surface area contributed by atoms with Gasteiger partial charge in [-0.2, -0.15) is 0 Å². The van der Waals surface area contributed by atoms with Gasteiger partial charge in [0.2, 0.25) is 0 Å². The van der Waals surface area contributed by atoms with E-state index in [9.17, 15) is 4.79 Å². The maximum absolute atomic E-state index is 11.0. The molecule has 0 heterocycles. The Morgan fingerprint density at radius 1 is 1.60 bits per heavy atom. The molecule has 0 aliphatic heterocycles. The van der Waals surface area contributed by atoms with Crippen LogP contribution in [-0.4, -0.2) is 12.0 Å². The molecule has 2 N–H and O–H groups in total. The second-order valence-corrected chi connectivity index (χ2v) is 3.76. The molecule has 82 valence electrons. The Balaban J connectivity index is 2.87. The predicted octanol–water partition coefficient (Wildman–Crippen LogP) is 2.29. The van der Waals surface area contributed by atoms with Gasteiger partial charge in [-0.25, -0.2) is 0 Å². The van der Waals surface area contributed by atoms with Crippen molar-refractivity contribution >= 4 is 17.5 Å². The quantitative estimate of drug-likeness (QED) is 0.858. The van der Waals surface area contributed by atoms with Gasteiger partial charge in [0.15, 0.2) is 6.10 Å². The Kier molecular flexibility index (Phi) is 3.97. The van der Waals surface area contributed by atoms with Crippen molar-refractivity contribution in [1.29, 1.82) is 0 Å². The number of benzene rings is 1. The van der Waals surface area contributed by atoms with Gasteiger partial charge in [0, 0.05) is 5.02 Å². The molecule has 0 bridgehead atoms. The first-order valence-corrected chi connectivity index (χ1v) is 5.14. The number of rotatable bonds is 4. The number of aryl methyl sites for hydroxylation is 1. The van der Waals surface area contributed by atoms with Crippen LogP contribution >= 0.6 is 11.6 Å². The zero-order valence-electron chi connectivity index (χ0n) is 8.79. The lowest BCUT2D eigenvalue weighted by Gasteiger charge is -2.15. The number of hydrogen-bond donors (Lipinski definition) is 1. The molecule has 1 aromatic rings. The van der Waals surface area contributed by atoms with Crippen molar-refractivity contribution in [3.63, 3.8) is 0 Å². The Morgan fingerprint density at radius 3 is 2.80 bits per heavy atom. The number of hydrogen-bond acceptors (Lipinski definition) is 2. The van der Waals surface area contributed by atoms with E-state index in [4.69, 9.17) is 22.1 Å². The third-order valence-corrected chi connectivity index (χ3v) is 2.34. The van der Waals surface area contributed by atoms with Crippen LogP contribution in [0.4, 0.5) is 0 Å². The number of amides is 1. The monoisotopic (exact) mass is 227 g/mol. The average molecular weight is 228 g/mol. The van der Waals surface area contributed by atoms with Crippen LogP contribution in [0, 0.1) is 6.92 Å². The summed E-state index contributed by atoms with van der Waals surface area (Å²) in [5.41, 5.74) is 6.12. The lowest BCUT2D eigenvalue weighted by atomic mass is 10.2. The van der Waals surface area contributed by atoms with Crippen molar-refractivity contribution in [1.82, 2.24) is 0 Å². The molecule has 1 unspecified atom stereocenters. The minimum absolute atomic E-state index is 0.461. The molecule has 1 aromatic carbocycles. The van der Waals surface area contributed by atoms with E-state index < -0.39 is 12.0 Å². The summed E-state index contributed by atoms with van der Waals surface area (Å²) >= 11 is 5.83. The molecule has 0 aliphatic rings. The number of carbonyl (C=O) groups excluding carboxylic acids is 1. The zero-order valence-corrected chi connectivity index (χ0v) is 9.54. The second-order valence-electron chi connectivity index (χ2n) is 3.33. The van der Waals surface area contributed by atoms with Crippen LogP contribution in [-0.2, 0) is 4.79 Å². The summed E-state index contributed by atoms with van der Waals surface area (Å²) in [6, 6.07) is 5.29. The highest BCUT2D eigenvalue weighted by Gasteiger charge is 2.15. The van der Waals surface area contributed by atoms with Crippen LogP contribution in [0.1, 0.15) is 18.9 Å². The van der Waals surface area contributed by atoms with Gasteiger partial charge in [-0.05, 0) is 31.0 Å². The number of nitrogens with two attached hydrogens (primary N) is 1. The summed E-state index contributed by atoms with van der Waals surface area (Å²) in [6.45, 7) is 3.73. The van der Waals surface area contributed by atoms with Crippen LogP contribution in [0.25, 0.3) is 0 Å². The fourth-order valence-corrected chi connectivity index (χ4v) is 1.36. The predicted molar refractivity (Wildman–Crippen MR) is 60.1 cm³/mol. The zero-order chi connectivity index (χ0) is 11.4. The Hall–Kier alpha value is -1.22. The molecule has 1 rings (SSSR count). The van der Waals surface area contributed by atoms with E-state index in [1.807, 2.05) is 19.9 Å². The van der Waals surface area contributed by atoms with Crippen LogP contribution in [0.15, 0.2) is 18.2 Å². The first-order valence-electron chi connectivity index (χ1n) is 4.76. The smallest absolute Gasteiger partial charge is 0.258 e. The molecule has 1 atom stereocenters. The van der Waals surface area contributed by atoms with E-state index >= 15 is 0 Å². The van der Waals surface area contributed by atoms with Crippen molar-refractivity contribution in [2.75, 3.05) is 0 Å². The maximum Gasteiger partial charge on any atom is 0.258 e. The molecule has 3 nitrogen and oxygen atoms in total. The molecule has 4 heteroatoms. The van der Waals surface area contributed by atoms with Gasteiger partial charge in [-0.15, -0.1) is 0 Å². The van der Waals surface area contributed by atoms with Crippen molar-refractivity contribution in [2.24, 2.45) is 5.73 Å². The van der Waals surface area contributed by atoms with E-state index in [1.54, 1.807) is 12.1 Å². The summed E-state index contributed by atoms with van der Waals surface area (Å²) in [6.07, 6.45) is -0.0523. The topological polar surface area (TPSA) is 52.3 Å². The minimum atomic E-state index is -0.595. The standard InChI is InChI=1S/C11H14ClNO2/c1-3-9(11(13)14)15-10-6-8(12)5-4-7(10)2/h4-6,9H,3H2,1-2H3,(H2,13,14). The minimum Gasteiger partial charge on any atom is -0.480 e. The second kappa shape index (κ2) is 5.03. The number of ether oxygens (including phenoxy) is 1. The fraction of sp³-hybridized carbons (Fsp3) is 0.364. The molecular formula is C11H14ClNO2. The van der Waals surface area contributed by atoms with Gasteiger partial charge in [0.05, 0.1) is 0 Å². The largest absolute Gasteiger partial charge is 0.480 e. The molecule has 1 amide bonds. The number of halogens is 1. The summed E-state index contributed by atoms with van der Waals surface area (Å²) in [7, 11) is 0. The van der Waals surface area contributed by atoms with Crippen molar-refractivity contribution in [2.45, 2.75) is 26.4 Å². The summed E-state index contributed by atoms with van der Waals surface area (Å²) < 4.78 is 5.48. The molecule has 0 radical (unpaired) electrons. The first kappa shape index (κ1) is 11.9. The maximum atomic E-state index is 11.0. The van der Waals surface area contributed by atoms with E-state index in [0.29, 0.717) is 17.2 Å². The molecule has 15 heavy (non-hydrogen) atoms. The van der Waals surface area contributed by atoms with E-state index in [-0.39, 0.29) is 0 Å². The Labute approximate surface area is 94.2 Å². The van der Waals surface area contributed by atoms with Gasteiger partial charge in [-0.3, -0.25) is 4.79 Å². The van der Waals surface area contributed by atoms with Gasteiger partial charge in [0.1, 0.15) is 5.75 Å². The lowest BCUT2D eigenvalue weighted by Crippen LogP contribution is -2.33. The van der Waals surface area contributed by atoms with Crippen molar-refractivity contribution < 1.29 is 9.53 Å². The summed E-state index contributed by atoms with van der Waals surface area (Å²) in [5, 5.41) is 0.579. The molecular weight excluding hydrogens is 214 g/mol. The van der Waals surface area contributed by atoms with Crippen molar-refractivity contribution in [3.8, 4) is 5.75 Å². The molecule has 0 fully saturated rings. The summed E-state index contributed by atoms with van der Waals surface area (Å²) in [5.74, 6) is 0.144. The Morgan fingerprint density at radius 2 is 2.27 bits per heavy atom. The van der Waals surface area contributed by atoms with E-state index in [0.717, 1.165) is 5.56 Å². The molecule has 0 saturated heterocycles. The lowest BCUT2D eigenvalue weighted by molar-refractivity contribution is -0.124. The van der Waals surface area contributed by atoms with Crippen LogP contribution < -0.4 is 10.5 Å². The third kappa shape index (κ3) is 3.13. The third-order valence-electron chi connectivity index (χ3n) is 2.11. The normalized spacial score (nSPS) is 12.2. The highest BCUT2D eigenvalue weighted by atomic mass is 35.5. The highest BCUT2D eigenvalue weighted by molar-refractivity contribution is 6.30. The van der Waals surface area contributed by atoms with Crippen molar-refractivity contribution in [3.05, 3.63) is 28.8 Å². The van der Waals surface area contributed by atoms with Crippen LogP contribution in [0.5, 0.6) is 5.75 Å². The van der Waals surface area contributed by atoms with Crippen LogP contribution in [0.2, 0.25) is 5.02 Å². The van der Waals surface area contributed by atoms with E-state index in [2.05, 4.69) is 0 Å². The van der Waals surface area contributed by atoms with Gasteiger partial charge < -0.3 is 10.5 Å². The highest BCUT2D eigenvalue weighted by Crippen LogP contribution is 2.23.